The summed E-state index contributed by atoms with van der Waals surface area (Å²) in [5.74, 6) is 0.610. The molecule has 0 amide bonds. The molecule has 1 N–H and O–H groups in total. The molecular formula is C15H21N3O2S. The largest absolute Gasteiger partial charge is 0.459 e. The van der Waals surface area contributed by atoms with Gasteiger partial charge in [0, 0.05) is 24.3 Å². The van der Waals surface area contributed by atoms with Gasteiger partial charge in [0.25, 0.3) is 0 Å². The van der Waals surface area contributed by atoms with Gasteiger partial charge in [0.1, 0.15) is 17.5 Å². The molecular weight excluding hydrogens is 286 g/mol. The number of nitrogens with one attached hydrogen (secondary N) is 1. The van der Waals surface area contributed by atoms with E-state index in [1.165, 1.54) is 0 Å². The highest BCUT2D eigenvalue weighted by molar-refractivity contribution is 7.10. The predicted octanol–water partition coefficient (Wildman–Crippen LogP) is 2.50. The first-order chi connectivity index (χ1) is 9.87. The molecule has 0 radical (unpaired) electrons. The molecule has 0 bridgehead atoms. The van der Waals surface area contributed by atoms with Crippen LogP contribution < -0.4 is 5.32 Å². The Morgan fingerprint density at radius 3 is 2.81 bits per heavy atom. The smallest absolute Gasteiger partial charge is 0.320 e. The molecule has 2 aromatic rings. The molecule has 0 spiro atoms. The molecule has 0 saturated carbocycles. The van der Waals surface area contributed by atoms with Gasteiger partial charge in [0.05, 0.1) is 6.54 Å². The summed E-state index contributed by atoms with van der Waals surface area (Å²) in [7, 11) is 1.94. The summed E-state index contributed by atoms with van der Waals surface area (Å²) in [6, 6.07) is 3.91. The Hall–Kier alpha value is -1.66. The van der Waals surface area contributed by atoms with Gasteiger partial charge in [-0.25, -0.2) is 4.98 Å². The predicted molar refractivity (Wildman–Crippen MR) is 83.2 cm³/mol. The Balaban J connectivity index is 2.08. The summed E-state index contributed by atoms with van der Waals surface area (Å²) < 4.78 is 7.28. The Morgan fingerprint density at radius 1 is 1.52 bits per heavy atom. The number of hydrogen-bond donors (Lipinski definition) is 1. The van der Waals surface area contributed by atoms with Crippen LogP contribution in [0.5, 0.6) is 0 Å². The van der Waals surface area contributed by atoms with Crippen molar-refractivity contribution >= 4 is 17.3 Å². The van der Waals surface area contributed by atoms with Crippen LogP contribution in [0.1, 0.15) is 37.5 Å². The molecule has 0 aliphatic rings. The van der Waals surface area contributed by atoms with Crippen molar-refractivity contribution in [1.29, 1.82) is 0 Å². The van der Waals surface area contributed by atoms with E-state index in [1.807, 2.05) is 56.1 Å². The van der Waals surface area contributed by atoms with Crippen molar-refractivity contribution in [2.45, 2.75) is 32.4 Å². The first-order valence-corrected chi connectivity index (χ1v) is 7.70. The van der Waals surface area contributed by atoms with Gasteiger partial charge in [0.15, 0.2) is 0 Å². The van der Waals surface area contributed by atoms with Gasteiger partial charge in [-0.15, -0.1) is 11.3 Å². The topological polar surface area (TPSA) is 56.2 Å². The third-order valence-corrected chi connectivity index (χ3v) is 3.75. The standard InChI is InChI=1S/C15H21N3O2S/c1-15(2,3)20-12(19)10-17-13(11-6-5-9-21-11)14-16-7-8-18(14)4/h5-9,13,17H,10H2,1-4H3. The van der Waals surface area contributed by atoms with E-state index < -0.39 is 5.60 Å². The second-order valence-electron chi connectivity index (χ2n) is 5.81. The summed E-state index contributed by atoms with van der Waals surface area (Å²) in [5.41, 5.74) is -0.472. The average molecular weight is 307 g/mol. The fourth-order valence-corrected chi connectivity index (χ4v) is 2.79. The summed E-state index contributed by atoms with van der Waals surface area (Å²) in [4.78, 5) is 17.4. The van der Waals surface area contributed by atoms with Crippen molar-refractivity contribution in [1.82, 2.24) is 14.9 Å². The van der Waals surface area contributed by atoms with Crippen LogP contribution in [0.2, 0.25) is 0 Å². The van der Waals surface area contributed by atoms with Crippen LogP contribution in [0, 0.1) is 0 Å². The minimum Gasteiger partial charge on any atom is -0.459 e. The SMILES string of the molecule is Cn1ccnc1C(NCC(=O)OC(C)(C)C)c1cccs1. The monoisotopic (exact) mass is 307 g/mol. The first kappa shape index (κ1) is 15.7. The first-order valence-electron chi connectivity index (χ1n) is 6.82. The molecule has 0 aromatic carbocycles. The Morgan fingerprint density at radius 2 is 2.29 bits per heavy atom. The van der Waals surface area contributed by atoms with Crippen LogP contribution in [0.4, 0.5) is 0 Å². The summed E-state index contributed by atoms with van der Waals surface area (Å²) in [5, 5.41) is 5.25. The van der Waals surface area contributed by atoms with Crippen molar-refractivity contribution in [2.75, 3.05) is 6.54 Å². The fraction of sp³-hybridized carbons (Fsp3) is 0.467. The van der Waals surface area contributed by atoms with Crippen LogP contribution >= 0.6 is 11.3 Å². The lowest BCUT2D eigenvalue weighted by atomic mass is 10.2. The molecule has 6 heteroatoms. The van der Waals surface area contributed by atoms with Crippen molar-refractivity contribution in [2.24, 2.45) is 7.05 Å². The number of carbonyl (C=O) groups is 1. The third kappa shape index (κ3) is 4.41. The molecule has 21 heavy (non-hydrogen) atoms. The average Bonchev–Trinajstić information content (AvgIpc) is 3.00. The summed E-state index contributed by atoms with van der Waals surface area (Å²) >= 11 is 1.63. The lowest BCUT2D eigenvalue weighted by Gasteiger charge is -2.21. The number of aryl methyl sites for hydroxylation is 1. The van der Waals surface area contributed by atoms with Crippen molar-refractivity contribution in [3.8, 4) is 0 Å². The fourth-order valence-electron chi connectivity index (χ4n) is 1.99. The van der Waals surface area contributed by atoms with E-state index in [-0.39, 0.29) is 18.6 Å². The van der Waals surface area contributed by atoms with Crippen LogP contribution in [-0.4, -0.2) is 27.7 Å². The maximum Gasteiger partial charge on any atom is 0.320 e. The molecule has 1 unspecified atom stereocenters. The van der Waals surface area contributed by atoms with Crippen LogP contribution in [0.3, 0.4) is 0 Å². The number of esters is 1. The van der Waals surface area contributed by atoms with Crippen LogP contribution in [0.15, 0.2) is 29.9 Å². The van der Waals surface area contributed by atoms with E-state index in [0.717, 1.165) is 10.7 Å². The Labute approximate surface area is 129 Å². The van der Waals surface area contributed by atoms with Crippen LogP contribution in [-0.2, 0) is 16.6 Å². The highest BCUT2D eigenvalue weighted by Gasteiger charge is 2.22. The van der Waals surface area contributed by atoms with Gasteiger partial charge in [-0.3, -0.25) is 10.1 Å². The Kier molecular flexibility index (Phi) is 4.80. The molecule has 1 atom stereocenters. The number of nitrogens with zero attached hydrogens (tertiary/aromatic N) is 2. The maximum atomic E-state index is 11.9. The second kappa shape index (κ2) is 6.41. The van der Waals surface area contributed by atoms with Gasteiger partial charge in [-0.1, -0.05) is 6.07 Å². The number of thiophene rings is 1. The number of ether oxygens (including phenoxy) is 1. The molecule has 114 valence electrons. The Bertz CT molecular complexity index is 584. The van der Waals surface area contributed by atoms with Crippen LogP contribution in [0.25, 0.3) is 0 Å². The number of hydrogen-bond acceptors (Lipinski definition) is 5. The van der Waals surface area contributed by atoms with Crippen molar-refractivity contribution in [3.63, 3.8) is 0 Å². The molecule has 2 aromatic heterocycles. The number of rotatable bonds is 5. The van der Waals surface area contributed by atoms with E-state index in [2.05, 4.69) is 10.3 Å². The summed E-state index contributed by atoms with van der Waals surface area (Å²) in [6.07, 6.45) is 3.65. The number of imidazole rings is 1. The quantitative estimate of drug-likeness (QED) is 0.862. The lowest BCUT2D eigenvalue weighted by Crippen LogP contribution is -2.34. The summed E-state index contributed by atoms with van der Waals surface area (Å²) in [6.45, 7) is 5.73. The van der Waals surface area contributed by atoms with E-state index >= 15 is 0 Å². The van der Waals surface area contributed by atoms with Gasteiger partial charge in [-0.2, -0.15) is 0 Å². The van der Waals surface area contributed by atoms with E-state index in [1.54, 1.807) is 17.5 Å². The molecule has 0 fully saturated rings. The third-order valence-electron chi connectivity index (χ3n) is 2.81. The van der Waals surface area contributed by atoms with E-state index in [0.29, 0.717) is 0 Å². The highest BCUT2D eigenvalue weighted by atomic mass is 32.1. The number of aromatic nitrogens is 2. The van der Waals surface area contributed by atoms with Gasteiger partial charge < -0.3 is 9.30 Å². The zero-order chi connectivity index (χ0) is 15.5. The van der Waals surface area contributed by atoms with E-state index in [4.69, 9.17) is 4.74 Å². The molecule has 0 saturated heterocycles. The lowest BCUT2D eigenvalue weighted by molar-refractivity contribution is -0.153. The van der Waals surface area contributed by atoms with Gasteiger partial charge >= 0.3 is 5.97 Å². The molecule has 2 rings (SSSR count). The highest BCUT2D eigenvalue weighted by Crippen LogP contribution is 2.24. The second-order valence-corrected chi connectivity index (χ2v) is 6.79. The van der Waals surface area contributed by atoms with Crippen molar-refractivity contribution in [3.05, 3.63) is 40.6 Å². The maximum absolute atomic E-state index is 11.9. The molecule has 5 nitrogen and oxygen atoms in total. The zero-order valence-electron chi connectivity index (χ0n) is 12.8. The molecule has 0 aliphatic carbocycles. The molecule has 2 heterocycles. The minimum atomic E-state index is -0.472. The molecule has 0 aliphatic heterocycles. The van der Waals surface area contributed by atoms with Gasteiger partial charge in [-0.05, 0) is 32.2 Å². The normalized spacial score (nSPS) is 13.1. The van der Waals surface area contributed by atoms with Gasteiger partial charge in [0.2, 0.25) is 0 Å². The number of carbonyl (C=O) groups excluding carboxylic acids is 1. The minimum absolute atomic E-state index is 0.113. The van der Waals surface area contributed by atoms with E-state index in [9.17, 15) is 4.79 Å². The zero-order valence-corrected chi connectivity index (χ0v) is 13.6. The van der Waals surface area contributed by atoms with Crippen molar-refractivity contribution < 1.29 is 9.53 Å².